The van der Waals surface area contributed by atoms with Crippen LogP contribution in [0.5, 0.6) is 0 Å². The van der Waals surface area contributed by atoms with Crippen molar-refractivity contribution in [3.8, 4) is 0 Å². The molecule has 23 heavy (non-hydrogen) atoms. The number of amides is 1. The van der Waals surface area contributed by atoms with E-state index in [-0.39, 0.29) is 36.1 Å². The zero-order chi connectivity index (χ0) is 14.9. The molecule has 2 atom stereocenters. The summed E-state index contributed by atoms with van der Waals surface area (Å²) >= 11 is 0. The van der Waals surface area contributed by atoms with Gasteiger partial charge in [0.15, 0.2) is 0 Å². The molecule has 0 aromatic carbocycles. The molecular weight excluding hydrogens is 337 g/mol. The van der Waals surface area contributed by atoms with Crippen molar-refractivity contribution < 1.29 is 9.53 Å². The maximum Gasteiger partial charge on any atom is 0.228 e. The first-order chi connectivity index (χ1) is 10.1. The second-order valence-corrected chi connectivity index (χ2v) is 7.15. The Bertz CT molecular complexity index is 382. The Hall–Kier alpha value is -0.0700. The minimum atomic E-state index is -0.323. The summed E-state index contributed by atoms with van der Waals surface area (Å²) in [5.74, 6) is 0.209. The van der Waals surface area contributed by atoms with E-state index in [9.17, 15) is 4.79 Å². The molecule has 0 radical (unpaired) electrons. The van der Waals surface area contributed by atoms with E-state index in [0.29, 0.717) is 18.7 Å². The summed E-state index contributed by atoms with van der Waals surface area (Å²) in [6.45, 7) is 5.67. The molecule has 0 aromatic rings. The lowest BCUT2D eigenvalue weighted by atomic mass is 9.78. The molecular formula is C16H31Cl2N3O2. The average Bonchev–Trinajstić information content (AvgIpc) is 3.24. The van der Waals surface area contributed by atoms with Gasteiger partial charge in [0.25, 0.3) is 0 Å². The highest BCUT2D eigenvalue weighted by Gasteiger charge is 2.43. The van der Waals surface area contributed by atoms with Crippen LogP contribution in [0.25, 0.3) is 0 Å². The molecule has 2 saturated heterocycles. The van der Waals surface area contributed by atoms with Crippen molar-refractivity contribution in [3.05, 3.63) is 0 Å². The molecule has 3 fully saturated rings. The number of likely N-dealkylation sites (tertiary alicyclic amines) is 1. The van der Waals surface area contributed by atoms with Crippen molar-refractivity contribution in [1.29, 1.82) is 0 Å². The van der Waals surface area contributed by atoms with Crippen LogP contribution in [-0.4, -0.2) is 62.3 Å². The second kappa shape index (κ2) is 8.86. The van der Waals surface area contributed by atoms with Gasteiger partial charge in [0, 0.05) is 31.8 Å². The van der Waals surface area contributed by atoms with Gasteiger partial charge < -0.3 is 15.4 Å². The van der Waals surface area contributed by atoms with Crippen LogP contribution in [0, 0.1) is 5.41 Å². The Morgan fingerprint density at radius 2 is 1.96 bits per heavy atom. The molecule has 2 aliphatic heterocycles. The molecule has 0 spiro atoms. The van der Waals surface area contributed by atoms with Crippen LogP contribution < -0.4 is 10.6 Å². The maximum absolute atomic E-state index is 12.8. The number of halogens is 2. The fourth-order valence-corrected chi connectivity index (χ4v) is 4.03. The van der Waals surface area contributed by atoms with Gasteiger partial charge in [0.2, 0.25) is 5.91 Å². The third-order valence-corrected chi connectivity index (χ3v) is 5.44. The minimum Gasteiger partial charge on any atom is -0.384 e. The van der Waals surface area contributed by atoms with Crippen LogP contribution >= 0.6 is 24.8 Å². The molecule has 0 bridgehead atoms. The van der Waals surface area contributed by atoms with Crippen LogP contribution in [0.3, 0.4) is 0 Å². The molecule has 1 amide bonds. The predicted octanol–water partition coefficient (Wildman–Crippen LogP) is 1.59. The molecule has 5 nitrogen and oxygen atoms in total. The van der Waals surface area contributed by atoms with E-state index in [1.807, 2.05) is 0 Å². The first kappa shape index (κ1) is 21.0. The van der Waals surface area contributed by atoms with Gasteiger partial charge in [-0.2, -0.15) is 0 Å². The molecule has 1 saturated carbocycles. The number of hydrogen-bond donors (Lipinski definition) is 2. The summed E-state index contributed by atoms with van der Waals surface area (Å²) in [5, 5.41) is 6.67. The van der Waals surface area contributed by atoms with Crippen molar-refractivity contribution in [3.63, 3.8) is 0 Å². The Balaban J connectivity index is 0.00000132. The van der Waals surface area contributed by atoms with E-state index < -0.39 is 0 Å². The summed E-state index contributed by atoms with van der Waals surface area (Å²) in [4.78, 5) is 15.4. The normalized spacial score (nSPS) is 30.2. The molecule has 0 aromatic heterocycles. The van der Waals surface area contributed by atoms with Gasteiger partial charge in [-0.3, -0.25) is 9.69 Å². The highest BCUT2D eigenvalue weighted by atomic mass is 35.5. The highest BCUT2D eigenvalue weighted by molar-refractivity contribution is 5.85. The van der Waals surface area contributed by atoms with Gasteiger partial charge in [-0.05, 0) is 52.1 Å². The quantitative estimate of drug-likeness (QED) is 0.774. The summed E-state index contributed by atoms with van der Waals surface area (Å²) in [6, 6.07) is 1.71. The topological polar surface area (TPSA) is 53.6 Å². The Morgan fingerprint density at radius 1 is 1.30 bits per heavy atom. The molecule has 2 heterocycles. The number of carbonyl (C=O) groups excluding carboxylic acids is 1. The zero-order valence-corrected chi connectivity index (χ0v) is 15.8. The number of rotatable bonds is 5. The molecule has 3 aliphatic rings. The zero-order valence-electron chi connectivity index (χ0n) is 14.2. The lowest BCUT2D eigenvalue weighted by Gasteiger charge is -2.36. The molecule has 2 N–H and O–H groups in total. The first-order valence-corrected chi connectivity index (χ1v) is 8.41. The van der Waals surface area contributed by atoms with E-state index in [2.05, 4.69) is 22.5 Å². The third kappa shape index (κ3) is 4.73. The molecule has 136 valence electrons. The first-order valence-electron chi connectivity index (χ1n) is 8.41. The van der Waals surface area contributed by atoms with E-state index >= 15 is 0 Å². The summed E-state index contributed by atoms with van der Waals surface area (Å²) < 4.78 is 5.36. The molecule has 2 unspecified atom stereocenters. The fourth-order valence-electron chi connectivity index (χ4n) is 4.03. The average molecular weight is 368 g/mol. The van der Waals surface area contributed by atoms with E-state index in [1.54, 1.807) is 7.11 Å². The minimum absolute atomic E-state index is 0. The van der Waals surface area contributed by atoms with Crippen LogP contribution in [0.1, 0.15) is 39.0 Å². The number of methoxy groups -OCH3 is 1. The van der Waals surface area contributed by atoms with Crippen LogP contribution in [-0.2, 0) is 9.53 Å². The lowest BCUT2D eigenvalue weighted by Crippen LogP contribution is -2.52. The number of nitrogens with one attached hydrogen (secondary N) is 2. The third-order valence-electron chi connectivity index (χ3n) is 5.44. The fraction of sp³-hybridized carbons (Fsp3) is 0.938. The molecule has 7 heteroatoms. The summed E-state index contributed by atoms with van der Waals surface area (Å²) in [7, 11) is 1.70. The number of nitrogens with zero attached hydrogens (tertiary/aromatic N) is 1. The number of hydrogen-bond acceptors (Lipinski definition) is 4. The van der Waals surface area contributed by atoms with Crippen LogP contribution in [0.4, 0.5) is 0 Å². The van der Waals surface area contributed by atoms with Crippen molar-refractivity contribution >= 4 is 30.7 Å². The molecule has 1 aliphatic carbocycles. The Morgan fingerprint density at radius 3 is 2.52 bits per heavy atom. The Labute approximate surface area is 152 Å². The molecule has 3 rings (SSSR count). The van der Waals surface area contributed by atoms with Crippen molar-refractivity contribution in [1.82, 2.24) is 15.5 Å². The standard InChI is InChI=1S/C16H29N3O2.2ClH/c1-12-9-13(10-19(12)14-3-4-14)18-15(20)16(11-21-2)5-7-17-8-6-16;;/h12-14,17H,3-11H2,1-2H3,(H,18,20);2*1H. The van der Waals surface area contributed by atoms with Crippen LogP contribution in [0.2, 0.25) is 0 Å². The number of piperidine rings is 1. The van der Waals surface area contributed by atoms with Gasteiger partial charge in [-0.15, -0.1) is 24.8 Å². The maximum atomic E-state index is 12.8. The van der Waals surface area contributed by atoms with E-state index in [4.69, 9.17) is 4.74 Å². The smallest absolute Gasteiger partial charge is 0.228 e. The highest BCUT2D eigenvalue weighted by Crippen LogP contribution is 2.34. The van der Waals surface area contributed by atoms with Crippen LogP contribution in [0.15, 0.2) is 0 Å². The predicted molar refractivity (Wildman–Crippen MR) is 96.6 cm³/mol. The van der Waals surface area contributed by atoms with Gasteiger partial charge >= 0.3 is 0 Å². The SMILES string of the molecule is COCC1(C(=O)NC2CC(C)N(C3CC3)C2)CCNCC1.Cl.Cl. The van der Waals surface area contributed by atoms with Crippen molar-refractivity contribution in [2.75, 3.05) is 33.4 Å². The van der Waals surface area contributed by atoms with Gasteiger partial charge in [-0.1, -0.05) is 0 Å². The van der Waals surface area contributed by atoms with Gasteiger partial charge in [0.05, 0.1) is 12.0 Å². The summed E-state index contributed by atoms with van der Waals surface area (Å²) in [5.41, 5.74) is -0.323. The second-order valence-electron chi connectivity index (χ2n) is 7.15. The Kier molecular flexibility index (Phi) is 8.08. The van der Waals surface area contributed by atoms with Crippen molar-refractivity contribution in [2.24, 2.45) is 5.41 Å². The monoisotopic (exact) mass is 367 g/mol. The van der Waals surface area contributed by atoms with Gasteiger partial charge in [-0.25, -0.2) is 0 Å². The van der Waals surface area contributed by atoms with Gasteiger partial charge in [0.1, 0.15) is 0 Å². The largest absolute Gasteiger partial charge is 0.384 e. The van der Waals surface area contributed by atoms with E-state index in [0.717, 1.165) is 44.9 Å². The van der Waals surface area contributed by atoms with Crippen molar-refractivity contribution in [2.45, 2.75) is 57.2 Å². The number of carbonyl (C=O) groups is 1. The van der Waals surface area contributed by atoms with E-state index in [1.165, 1.54) is 12.8 Å². The lowest BCUT2D eigenvalue weighted by molar-refractivity contribution is -0.136. The number of ether oxygens (including phenoxy) is 1. The summed E-state index contributed by atoms with van der Waals surface area (Å²) in [6.07, 6.45) is 5.51.